The number of carbonyl (C=O) groups is 2. The minimum Gasteiger partial charge on any atom is -0.376 e. The summed E-state index contributed by atoms with van der Waals surface area (Å²) in [4.78, 5) is 25.8. The van der Waals surface area contributed by atoms with Gasteiger partial charge in [0.1, 0.15) is 0 Å². The summed E-state index contributed by atoms with van der Waals surface area (Å²) in [6, 6.07) is 7.05. The molecular weight excluding hydrogens is 302 g/mol. The average molecular weight is 329 g/mol. The lowest BCUT2D eigenvalue weighted by molar-refractivity contribution is -0.128. The predicted molar refractivity (Wildman–Crippen MR) is 99.1 cm³/mol. The third-order valence-corrected chi connectivity index (χ3v) is 3.13. The molecule has 1 rings (SSSR count). The highest BCUT2D eigenvalue weighted by Gasteiger charge is 2.15. The molecule has 0 radical (unpaired) electrons. The van der Waals surface area contributed by atoms with Crippen LogP contribution in [0.15, 0.2) is 49.6 Å². The second-order valence-electron chi connectivity index (χ2n) is 6.51. The molecule has 0 heterocycles. The van der Waals surface area contributed by atoms with Gasteiger partial charge in [-0.15, -0.1) is 13.2 Å². The lowest BCUT2D eigenvalue weighted by Crippen LogP contribution is -2.40. The van der Waals surface area contributed by atoms with E-state index in [1.165, 1.54) is 0 Å². The van der Waals surface area contributed by atoms with Crippen LogP contribution in [-0.2, 0) is 4.79 Å². The summed E-state index contributed by atoms with van der Waals surface area (Å²) in [5.74, 6) is -0.155. The van der Waals surface area contributed by atoms with Crippen molar-refractivity contribution < 1.29 is 9.59 Å². The molecule has 0 aliphatic rings. The number of benzene rings is 1. The van der Waals surface area contributed by atoms with E-state index in [0.29, 0.717) is 18.7 Å². The van der Waals surface area contributed by atoms with E-state index in [1.54, 1.807) is 41.3 Å². The Morgan fingerprint density at radius 1 is 1.08 bits per heavy atom. The molecule has 5 heteroatoms. The topological polar surface area (TPSA) is 61.4 Å². The molecule has 0 aliphatic heterocycles. The van der Waals surface area contributed by atoms with Crippen molar-refractivity contribution in [3.05, 3.63) is 55.1 Å². The van der Waals surface area contributed by atoms with Crippen LogP contribution >= 0.6 is 0 Å². The molecule has 0 aliphatic carbocycles. The van der Waals surface area contributed by atoms with Crippen LogP contribution in [0.3, 0.4) is 0 Å². The van der Waals surface area contributed by atoms with Gasteiger partial charge in [-0.2, -0.15) is 0 Å². The summed E-state index contributed by atoms with van der Waals surface area (Å²) < 4.78 is 0. The molecule has 0 saturated carbocycles. The Hall–Kier alpha value is -2.56. The molecule has 2 amide bonds. The molecule has 0 unspecified atom stereocenters. The van der Waals surface area contributed by atoms with Crippen LogP contribution in [0.1, 0.15) is 31.1 Å². The van der Waals surface area contributed by atoms with Crippen molar-refractivity contribution in [2.24, 2.45) is 0 Å². The number of nitrogens with one attached hydrogen (secondary N) is 2. The lowest BCUT2D eigenvalue weighted by Gasteiger charge is -2.21. The van der Waals surface area contributed by atoms with Crippen LogP contribution in [0.5, 0.6) is 0 Å². The average Bonchev–Trinajstić information content (AvgIpc) is 2.51. The number of hydrogen-bond acceptors (Lipinski definition) is 3. The number of hydrogen-bond donors (Lipinski definition) is 2. The van der Waals surface area contributed by atoms with Crippen LogP contribution < -0.4 is 10.6 Å². The third-order valence-electron chi connectivity index (χ3n) is 3.13. The predicted octanol–water partition coefficient (Wildman–Crippen LogP) is 2.83. The highest BCUT2D eigenvalue weighted by molar-refractivity contribution is 5.95. The van der Waals surface area contributed by atoms with E-state index in [2.05, 4.69) is 23.8 Å². The normalized spacial score (nSPS) is 10.6. The van der Waals surface area contributed by atoms with Crippen molar-refractivity contribution in [3.63, 3.8) is 0 Å². The number of carbonyl (C=O) groups excluding carboxylic acids is 2. The van der Waals surface area contributed by atoms with Gasteiger partial charge < -0.3 is 15.5 Å². The Morgan fingerprint density at radius 3 is 2.08 bits per heavy atom. The first-order valence-corrected chi connectivity index (χ1v) is 7.93. The van der Waals surface area contributed by atoms with Crippen LogP contribution in [0.2, 0.25) is 0 Å². The standard InChI is InChI=1S/C19H27N3O2/c1-6-12-22(13-7-2)17(23)14-20-16-10-8-15(9-11-16)18(24)21-19(3,4)5/h6-11,20H,1-2,12-14H2,3-5H3,(H,21,24). The van der Waals surface area contributed by atoms with E-state index in [9.17, 15) is 9.59 Å². The molecule has 24 heavy (non-hydrogen) atoms. The van der Waals surface area contributed by atoms with E-state index in [4.69, 9.17) is 0 Å². The first kappa shape index (κ1) is 19.5. The first-order valence-electron chi connectivity index (χ1n) is 7.93. The molecule has 5 nitrogen and oxygen atoms in total. The zero-order chi connectivity index (χ0) is 18.2. The summed E-state index contributed by atoms with van der Waals surface area (Å²) in [6.45, 7) is 14.2. The Balaban J connectivity index is 2.61. The summed E-state index contributed by atoms with van der Waals surface area (Å²) >= 11 is 0. The van der Waals surface area contributed by atoms with Crippen molar-refractivity contribution in [2.45, 2.75) is 26.3 Å². The zero-order valence-corrected chi connectivity index (χ0v) is 14.8. The molecule has 0 bridgehead atoms. The summed E-state index contributed by atoms with van der Waals surface area (Å²) in [5.41, 5.74) is 1.09. The Kier molecular flexibility index (Phi) is 7.24. The molecule has 1 aromatic carbocycles. The second-order valence-corrected chi connectivity index (χ2v) is 6.51. The van der Waals surface area contributed by atoms with Gasteiger partial charge >= 0.3 is 0 Å². The highest BCUT2D eigenvalue weighted by Crippen LogP contribution is 2.11. The Bertz CT molecular complexity index is 576. The summed E-state index contributed by atoms with van der Waals surface area (Å²) in [7, 11) is 0. The molecular formula is C19H27N3O2. The molecule has 130 valence electrons. The molecule has 0 atom stereocenters. The van der Waals surface area contributed by atoms with Gasteiger partial charge in [0.25, 0.3) is 5.91 Å². The monoisotopic (exact) mass is 329 g/mol. The van der Waals surface area contributed by atoms with Gasteiger partial charge in [0.15, 0.2) is 0 Å². The van der Waals surface area contributed by atoms with E-state index < -0.39 is 0 Å². The quantitative estimate of drug-likeness (QED) is 0.721. The molecule has 2 N–H and O–H groups in total. The third kappa shape index (κ3) is 6.69. The number of anilines is 1. The van der Waals surface area contributed by atoms with Gasteiger partial charge in [-0.05, 0) is 45.0 Å². The van der Waals surface area contributed by atoms with Crippen LogP contribution in [-0.4, -0.2) is 41.9 Å². The first-order chi connectivity index (χ1) is 11.3. The Morgan fingerprint density at radius 2 is 1.62 bits per heavy atom. The van der Waals surface area contributed by atoms with E-state index in [0.717, 1.165) is 5.69 Å². The fraction of sp³-hybridized carbons (Fsp3) is 0.368. The SMILES string of the molecule is C=CCN(CC=C)C(=O)CNc1ccc(C(=O)NC(C)(C)C)cc1. The van der Waals surface area contributed by atoms with Gasteiger partial charge in [0.2, 0.25) is 5.91 Å². The number of rotatable bonds is 8. The van der Waals surface area contributed by atoms with Crippen molar-refractivity contribution in [3.8, 4) is 0 Å². The minimum absolute atomic E-state index is 0.0376. The Labute approximate surface area is 144 Å². The fourth-order valence-electron chi connectivity index (χ4n) is 2.03. The van der Waals surface area contributed by atoms with Crippen LogP contribution in [0, 0.1) is 0 Å². The van der Waals surface area contributed by atoms with Gasteiger partial charge in [0, 0.05) is 29.9 Å². The van der Waals surface area contributed by atoms with Crippen molar-refractivity contribution in [1.29, 1.82) is 0 Å². The molecule has 0 fully saturated rings. The molecule has 0 spiro atoms. The van der Waals surface area contributed by atoms with Crippen molar-refractivity contribution in [1.82, 2.24) is 10.2 Å². The lowest BCUT2D eigenvalue weighted by atomic mass is 10.1. The van der Waals surface area contributed by atoms with Crippen LogP contribution in [0.25, 0.3) is 0 Å². The summed E-state index contributed by atoms with van der Waals surface area (Å²) in [6.07, 6.45) is 3.37. The maximum atomic E-state index is 12.1. The van der Waals surface area contributed by atoms with Gasteiger partial charge in [-0.1, -0.05) is 12.2 Å². The van der Waals surface area contributed by atoms with Crippen molar-refractivity contribution in [2.75, 3.05) is 25.0 Å². The fourth-order valence-corrected chi connectivity index (χ4v) is 2.03. The van der Waals surface area contributed by atoms with E-state index >= 15 is 0 Å². The van der Waals surface area contributed by atoms with Gasteiger partial charge in [-0.3, -0.25) is 9.59 Å². The molecule has 1 aromatic rings. The molecule has 0 saturated heterocycles. The number of nitrogens with zero attached hydrogens (tertiary/aromatic N) is 1. The maximum Gasteiger partial charge on any atom is 0.251 e. The smallest absolute Gasteiger partial charge is 0.251 e. The van der Waals surface area contributed by atoms with Gasteiger partial charge in [0.05, 0.1) is 6.54 Å². The zero-order valence-electron chi connectivity index (χ0n) is 14.8. The van der Waals surface area contributed by atoms with Crippen LogP contribution in [0.4, 0.5) is 5.69 Å². The highest BCUT2D eigenvalue weighted by atomic mass is 16.2. The largest absolute Gasteiger partial charge is 0.376 e. The molecule has 0 aromatic heterocycles. The van der Waals surface area contributed by atoms with Crippen molar-refractivity contribution >= 4 is 17.5 Å². The van der Waals surface area contributed by atoms with Gasteiger partial charge in [-0.25, -0.2) is 0 Å². The summed E-state index contributed by atoms with van der Waals surface area (Å²) in [5, 5.41) is 5.97. The number of amides is 2. The van der Waals surface area contributed by atoms with E-state index in [1.807, 2.05) is 20.8 Å². The second kappa shape index (κ2) is 8.91. The minimum atomic E-state index is -0.278. The maximum absolute atomic E-state index is 12.1. The van der Waals surface area contributed by atoms with E-state index in [-0.39, 0.29) is 23.9 Å².